The second kappa shape index (κ2) is 6.81. The Balaban J connectivity index is 2.68. The zero-order chi connectivity index (χ0) is 12.8. The molecule has 0 aliphatic carbocycles. The summed E-state index contributed by atoms with van der Waals surface area (Å²) in [4.78, 5) is 19.6. The lowest BCUT2D eigenvalue weighted by Crippen LogP contribution is -2.07. The number of carbonyl (C=O) groups excluding carboxylic acids is 1. The first-order chi connectivity index (χ1) is 8.02. The van der Waals surface area contributed by atoms with Gasteiger partial charge in [0, 0.05) is 12.0 Å². The van der Waals surface area contributed by atoms with Crippen molar-refractivity contribution in [2.75, 3.05) is 12.4 Å². The van der Waals surface area contributed by atoms with Gasteiger partial charge in [0.2, 0.25) is 0 Å². The average Bonchev–Trinajstić information content (AvgIpc) is 2.26. The van der Waals surface area contributed by atoms with Gasteiger partial charge in [-0.05, 0) is 6.92 Å². The zero-order valence-corrected chi connectivity index (χ0v) is 11.6. The number of carbonyl (C=O) groups is 1. The summed E-state index contributed by atoms with van der Waals surface area (Å²) in [6.45, 7) is 6.15. The van der Waals surface area contributed by atoms with Gasteiger partial charge in [0.15, 0.2) is 0 Å². The molecular weight excluding hydrogens is 260 g/mol. The molecule has 0 aromatic carbocycles. The van der Waals surface area contributed by atoms with Gasteiger partial charge in [-0.15, -0.1) is 0 Å². The third-order valence-electron chi connectivity index (χ3n) is 1.85. The number of thioether (sulfide) groups is 1. The van der Waals surface area contributed by atoms with Crippen LogP contribution in [-0.4, -0.2) is 28.3 Å². The largest absolute Gasteiger partial charge is 0.465 e. The monoisotopic (exact) mass is 274 g/mol. The Labute approximate surface area is 110 Å². The fraction of sp³-hybridized carbons (Fsp3) is 0.545. The van der Waals surface area contributed by atoms with E-state index in [-0.39, 0.29) is 17.6 Å². The SMILES string of the molecule is CCOC(=O)CSc1cc(Cl)nc(C(C)C)n1. The second-order valence-corrected chi connectivity index (χ2v) is 5.02. The van der Waals surface area contributed by atoms with Crippen LogP contribution in [0.1, 0.15) is 32.5 Å². The van der Waals surface area contributed by atoms with Crippen LogP contribution in [0.5, 0.6) is 0 Å². The Morgan fingerprint density at radius 2 is 2.24 bits per heavy atom. The summed E-state index contributed by atoms with van der Waals surface area (Å²) in [5.74, 6) is 0.872. The minimum Gasteiger partial charge on any atom is -0.465 e. The molecule has 0 bridgehead atoms. The van der Waals surface area contributed by atoms with Crippen LogP contribution in [-0.2, 0) is 9.53 Å². The van der Waals surface area contributed by atoms with Crippen molar-refractivity contribution in [3.8, 4) is 0 Å². The predicted octanol–water partition coefficient (Wildman–Crippen LogP) is 2.91. The maximum absolute atomic E-state index is 11.2. The van der Waals surface area contributed by atoms with E-state index in [0.29, 0.717) is 22.6 Å². The molecule has 94 valence electrons. The van der Waals surface area contributed by atoms with E-state index in [1.807, 2.05) is 13.8 Å². The number of nitrogens with zero attached hydrogens (tertiary/aromatic N) is 2. The molecule has 17 heavy (non-hydrogen) atoms. The van der Waals surface area contributed by atoms with E-state index in [9.17, 15) is 4.79 Å². The molecule has 0 aliphatic heterocycles. The Kier molecular flexibility index (Phi) is 5.71. The van der Waals surface area contributed by atoms with Crippen molar-refractivity contribution in [2.24, 2.45) is 0 Å². The predicted molar refractivity (Wildman–Crippen MR) is 68.5 cm³/mol. The van der Waals surface area contributed by atoms with Gasteiger partial charge in [-0.2, -0.15) is 0 Å². The maximum atomic E-state index is 11.2. The van der Waals surface area contributed by atoms with Gasteiger partial charge in [0.05, 0.1) is 12.4 Å². The van der Waals surface area contributed by atoms with E-state index in [2.05, 4.69) is 9.97 Å². The average molecular weight is 275 g/mol. The minimum absolute atomic E-state index is 0.204. The van der Waals surface area contributed by atoms with E-state index in [1.54, 1.807) is 13.0 Å². The molecule has 0 unspecified atom stereocenters. The number of rotatable bonds is 5. The molecule has 0 saturated heterocycles. The summed E-state index contributed by atoms with van der Waals surface area (Å²) >= 11 is 7.19. The van der Waals surface area contributed by atoms with Gasteiger partial charge in [-0.25, -0.2) is 9.97 Å². The number of esters is 1. The molecule has 4 nitrogen and oxygen atoms in total. The van der Waals surface area contributed by atoms with Gasteiger partial charge in [0.25, 0.3) is 0 Å². The molecule has 6 heteroatoms. The Bertz CT molecular complexity index is 399. The molecule has 1 heterocycles. The molecule has 1 rings (SSSR count). The van der Waals surface area contributed by atoms with E-state index < -0.39 is 0 Å². The zero-order valence-electron chi connectivity index (χ0n) is 10.1. The Morgan fingerprint density at radius 3 is 2.82 bits per heavy atom. The van der Waals surface area contributed by atoms with E-state index in [4.69, 9.17) is 16.3 Å². The molecule has 0 amide bonds. The molecular formula is C11H15ClN2O2S. The highest BCUT2D eigenvalue weighted by molar-refractivity contribution is 7.99. The van der Waals surface area contributed by atoms with E-state index in [1.165, 1.54) is 11.8 Å². The third-order valence-corrected chi connectivity index (χ3v) is 2.93. The summed E-state index contributed by atoms with van der Waals surface area (Å²) in [5, 5.41) is 1.09. The summed E-state index contributed by atoms with van der Waals surface area (Å²) < 4.78 is 4.84. The lowest BCUT2D eigenvalue weighted by molar-refractivity contribution is -0.139. The van der Waals surface area contributed by atoms with Gasteiger partial charge in [-0.1, -0.05) is 37.2 Å². The van der Waals surface area contributed by atoms with Crippen LogP contribution in [0, 0.1) is 0 Å². The van der Waals surface area contributed by atoms with Crippen molar-refractivity contribution in [1.29, 1.82) is 0 Å². The third kappa shape index (κ3) is 4.91. The van der Waals surface area contributed by atoms with Gasteiger partial charge in [-0.3, -0.25) is 4.79 Å². The van der Waals surface area contributed by atoms with Gasteiger partial charge in [0.1, 0.15) is 16.0 Å². The highest BCUT2D eigenvalue weighted by Gasteiger charge is 2.09. The number of halogens is 1. The van der Waals surface area contributed by atoms with Crippen molar-refractivity contribution in [3.05, 3.63) is 17.0 Å². The van der Waals surface area contributed by atoms with Crippen LogP contribution in [0.2, 0.25) is 5.15 Å². The van der Waals surface area contributed by atoms with Gasteiger partial charge < -0.3 is 4.74 Å². The molecule has 0 aliphatic rings. The second-order valence-electron chi connectivity index (χ2n) is 3.64. The molecule has 0 atom stereocenters. The van der Waals surface area contributed by atoms with Crippen LogP contribution in [0.3, 0.4) is 0 Å². The van der Waals surface area contributed by atoms with Gasteiger partial charge >= 0.3 is 5.97 Å². The normalized spacial score (nSPS) is 10.6. The van der Waals surface area contributed by atoms with Crippen molar-refractivity contribution in [2.45, 2.75) is 31.7 Å². The first-order valence-corrected chi connectivity index (χ1v) is 6.72. The summed E-state index contributed by atoms with van der Waals surface area (Å²) in [6.07, 6.45) is 0. The fourth-order valence-electron chi connectivity index (χ4n) is 1.08. The van der Waals surface area contributed by atoms with Crippen molar-refractivity contribution in [1.82, 2.24) is 9.97 Å². The van der Waals surface area contributed by atoms with Crippen LogP contribution in [0.15, 0.2) is 11.1 Å². The lowest BCUT2D eigenvalue weighted by Gasteiger charge is -2.06. The highest BCUT2D eigenvalue weighted by Crippen LogP contribution is 2.21. The Morgan fingerprint density at radius 1 is 1.53 bits per heavy atom. The van der Waals surface area contributed by atoms with Crippen LogP contribution < -0.4 is 0 Å². The van der Waals surface area contributed by atoms with Crippen molar-refractivity contribution < 1.29 is 9.53 Å². The molecule has 1 aromatic heterocycles. The number of hydrogen-bond donors (Lipinski definition) is 0. The first kappa shape index (κ1) is 14.3. The molecule has 0 spiro atoms. The van der Waals surface area contributed by atoms with Crippen LogP contribution in [0.4, 0.5) is 0 Å². The quantitative estimate of drug-likeness (QED) is 0.469. The molecule has 1 aromatic rings. The maximum Gasteiger partial charge on any atom is 0.316 e. The standard InChI is InChI=1S/C11H15ClN2O2S/c1-4-16-10(15)6-17-9-5-8(12)13-11(14-9)7(2)3/h5,7H,4,6H2,1-3H3. The fourth-order valence-corrected chi connectivity index (χ4v) is 2.04. The molecule has 0 N–H and O–H groups in total. The van der Waals surface area contributed by atoms with E-state index >= 15 is 0 Å². The first-order valence-electron chi connectivity index (χ1n) is 5.35. The summed E-state index contributed by atoms with van der Waals surface area (Å²) in [7, 11) is 0. The molecule has 0 radical (unpaired) electrons. The van der Waals surface area contributed by atoms with Crippen molar-refractivity contribution in [3.63, 3.8) is 0 Å². The van der Waals surface area contributed by atoms with Crippen molar-refractivity contribution >= 4 is 29.3 Å². The number of hydrogen-bond acceptors (Lipinski definition) is 5. The smallest absolute Gasteiger partial charge is 0.316 e. The summed E-state index contributed by atoms with van der Waals surface area (Å²) in [5.41, 5.74) is 0. The molecule has 0 saturated carbocycles. The molecule has 0 fully saturated rings. The minimum atomic E-state index is -0.252. The highest BCUT2D eigenvalue weighted by atomic mass is 35.5. The van der Waals surface area contributed by atoms with Crippen LogP contribution >= 0.6 is 23.4 Å². The summed E-state index contributed by atoms with van der Waals surface area (Å²) in [6, 6.07) is 1.65. The number of aromatic nitrogens is 2. The topological polar surface area (TPSA) is 52.1 Å². The Hall–Kier alpha value is -0.810. The number of ether oxygens (including phenoxy) is 1. The van der Waals surface area contributed by atoms with E-state index in [0.717, 1.165) is 0 Å². The van der Waals surface area contributed by atoms with Crippen LogP contribution in [0.25, 0.3) is 0 Å². The lowest BCUT2D eigenvalue weighted by atomic mass is 10.2.